The van der Waals surface area contributed by atoms with Crippen LogP contribution in [-0.2, 0) is 11.3 Å². The molecule has 2 aromatic rings. The van der Waals surface area contributed by atoms with Gasteiger partial charge >= 0.3 is 0 Å². The molecule has 1 aliphatic rings. The van der Waals surface area contributed by atoms with E-state index in [0.29, 0.717) is 12.5 Å². The van der Waals surface area contributed by atoms with E-state index in [1.165, 1.54) is 0 Å². The van der Waals surface area contributed by atoms with Crippen LogP contribution in [0.3, 0.4) is 0 Å². The van der Waals surface area contributed by atoms with Gasteiger partial charge in [-0.05, 0) is 12.1 Å². The summed E-state index contributed by atoms with van der Waals surface area (Å²) in [7, 11) is 1.66. The van der Waals surface area contributed by atoms with Gasteiger partial charge in [0.1, 0.15) is 11.6 Å². The molecule has 7 heteroatoms. The van der Waals surface area contributed by atoms with Crippen LogP contribution < -0.4 is 15.0 Å². The summed E-state index contributed by atoms with van der Waals surface area (Å²) in [5.41, 5.74) is 1.05. The Labute approximate surface area is 147 Å². The molecule has 2 heterocycles. The van der Waals surface area contributed by atoms with E-state index in [2.05, 4.69) is 20.2 Å². The van der Waals surface area contributed by atoms with Gasteiger partial charge in [0, 0.05) is 51.4 Å². The number of nitrogens with one attached hydrogen (secondary N) is 1. The SMILES string of the molecule is COc1ccccc1CNc1nccc(N2CCN(C(C)=O)CC2)n1. The van der Waals surface area contributed by atoms with Gasteiger partial charge < -0.3 is 19.9 Å². The minimum absolute atomic E-state index is 0.126. The summed E-state index contributed by atoms with van der Waals surface area (Å²) in [6, 6.07) is 9.77. The Morgan fingerprint density at radius 2 is 1.96 bits per heavy atom. The molecule has 1 saturated heterocycles. The van der Waals surface area contributed by atoms with Crippen molar-refractivity contribution in [1.29, 1.82) is 0 Å². The summed E-state index contributed by atoms with van der Waals surface area (Å²) in [6.07, 6.45) is 1.75. The summed E-state index contributed by atoms with van der Waals surface area (Å²) >= 11 is 0. The fraction of sp³-hybridized carbons (Fsp3) is 0.389. The molecule has 0 atom stereocenters. The second kappa shape index (κ2) is 7.83. The molecule has 3 rings (SSSR count). The largest absolute Gasteiger partial charge is 0.496 e. The average Bonchev–Trinajstić information content (AvgIpc) is 2.67. The third-order valence-electron chi connectivity index (χ3n) is 4.32. The molecule has 1 fully saturated rings. The monoisotopic (exact) mass is 341 g/mol. The number of methoxy groups -OCH3 is 1. The smallest absolute Gasteiger partial charge is 0.224 e. The first-order valence-electron chi connectivity index (χ1n) is 8.36. The summed E-state index contributed by atoms with van der Waals surface area (Å²) in [5, 5.41) is 3.25. The van der Waals surface area contributed by atoms with E-state index in [1.807, 2.05) is 35.2 Å². The number of anilines is 2. The summed E-state index contributed by atoms with van der Waals surface area (Å²) < 4.78 is 5.36. The standard InChI is InChI=1S/C18H23N5O2/c1-14(24)22-9-11-23(12-10-22)17-7-8-19-18(21-17)20-13-15-5-3-4-6-16(15)25-2/h3-8H,9-13H2,1-2H3,(H,19,20,21). The molecule has 1 aromatic heterocycles. The Hall–Kier alpha value is -2.83. The van der Waals surface area contributed by atoms with Crippen LogP contribution in [0.15, 0.2) is 36.5 Å². The van der Waals surface area contributed by atoms with Gasteiger partial charge in [-0.2, -0.15) is 4.98 Å². The van der Waals surface area contributed by atoms with E-state index < -0.39 is 0 Å². The molecule has 0 radical (unpaired) electrons. The van der Waals surface area contributed by atoms with Crippen molar-refractivity contribution in [3.05, 3.63) is 42.1 Å². The molecule has 7 nitrogen and oxygen atoms in total. The summed E-state index contributed by atoms with van der Waals surface area (Å²) in [6.45, 7) is 5.21. The van der Waals surface area contributed by atoms with Gasteiger partial charge in [0.05, 0.1) is 7.11 Å². The first-order valence-corrected chi connectivity index (χ1v) is 8.36. The topological polar surface area (TPSA) is 70.6 Å². The molecular formula is C18H23N5O2. The first-order chi connectivity index (χ1) is 12.2. The molecule has 1 N–H and O–H groups in total. The number of para-hydroxylation sites is 1. The maximum atomic E-state index is 11.4. The molecule has 132 valence electrons. The zero-order valence-electron chi connectivity index (χ0n) is 14.6. The highest BCUT2D eigenvalue weighted by atomic mass is 16.5. The van der Waals surface area contributed by atoms with Crippen LogP contribution >= 0.6 is 0 Å². The number of hydrogen-bond donors (Lipinski definition) is 1. The molecule has 25 heavy (non-hydrogen) atoms. The van der Waals surface area contributed by atoms with Crippen LogP contribution in [0.1, 0.15) is 12.5 Å². The van der Waals surface area contributed by atoms with E-state index in [9.17, 15) is 4.79 Å². The van der Waals surface area contributed by atoms with Crippen molar-refractivity contribution in [3.8, 4) is 5.75 Å². The maximum absolute atomic E-state index is 11.4. The minimum Gasteiger partial charge on any atom is -0.496 e. The predicted octanol–water partition coefficient (Wildman–Crippen LogP) is 1.77. The Morgan fingerprint density at radius 1 is 1.20 bits per heavy atom. The van der Waals surface area contributed by atoms with Crippen molar-refractivity contribution < 1.29 is 9.53 Å². The van der Waals surface area contributed by atoms with Crippen molar-refractivity contribution in [2.24, 2.45) is 0 Å². The van der Waals surface area contributed by atoms with Crippen molar-refractivity contribution >= 4 is 17.7 Å². The first kappa shape index (κ1) is 17.0. The lowest BCUT2D eigenvalue weighted by Gasteiger charge is -2.34. The Bertz CT molecular complexity index is 729. The minimum atomic E-state index is 0.126. The van der Waals surface area contributed by atoms with E-state index in [-0.39, 0.29) is 5.91 Å². The van der Waals surface area contributed by atoms with E-state index in [4.69, 9.17) is 4.74 Å². The van der Waals surface area contributed by atoms with Crippen LogP contribution in [0.5, 0.6) is 5.75 Å². The fourth-order valence-corrected chi connectivity index (χ4v) is 2.88. The number of aromatic nitrogens is 2. The quantitative estimate of drug-likeness (QED) is 0.894. The summed E-state index contributed by atoms with van der Waals surface area (Å²) in [5.74, 6) is 2.42. The number of rotatable bonds is 5. The molecular weight excluding hydrogens is 318 g/mol. The number of hydrogen-bond acceptors (Lipinski definition) is 6. The van der Waals surface area contributed by atoms with Crippen LogP contribution in [0.2, 0.25) is 0 Å². The maximum Gasteiger partial charge on any atom is 0.224 e. The second-order valence-corrected chi connectivity index (χ2v) is 5.90. The van der Waals surface area contributed by atoms with Crippen molar-refractivity contribution in [3.63, 3.8) is 0 Å². The van der Waals surface area contributed by atoms with E-state index in [1.54, 1.807) is 20.2 Å². The molecule has 0 aliphatic carbocycles. The Balaban J connectivity index is 1.63. The molecule has 1 aliphatic heterocycles. The predicted molar refractivity (Wildman–Crippen MR) is 96.8 cm³/mol. The third-order valence-corrected chi connectivity index (χ3v) is 4.32. The molecule has 0 saturated carbocycles. The van der Waals surface area contributed by atoms with Gasteiger partial charge in [0.15, 0.2) is 0 Å². The number of benzene rings is 1. The van der Waals surface area contributed by atoms with Crippen molar-refractivity contribution in [1.82, 2.24) is 14.9 Å². The van der Waals surface area contributed by atoms with Crippen LogP contribution in [0.25, 0.3) is 0 Å². The third kappa shape index (κ3) is 4.17. The van der Waals surface area contributed by atoms with Gasteiger partial charge in [-0.15, -0.1) is 0 Å². The van der Waals surface area contributed by atoms with Crippen LogP contribution in [0, 0.1) is 0 Å². The molecule has 1 amide bonds. The summed E-state index contributed by atoms with van der Waals surface area (Å²) in [4.78, 5) is 24.4. The highest BCUT2D eigenvalue weighted by Crippen LogP contribution is 2.19. The zero-order valence-corrected chi connectivity index (χ0v) is 14.6. The number of amides is 1. The molecule has 0 spiro atoms. The zero-order chi connectivity index (χ0) is 17.6. The lowest BCUT2D eigenvalue weighted by Crippen LogP contribution is -2.48. The van der Waals surface area contributed by atoms with Gasteiger partial charge in [0.2, 0.25) is 11.9 Å². The normalized spacial score (nSPS) is 14.3. The Kier molecular flexibility index (Phi) is 5.33. The van der Waals surface area contributed by atoms with Crippen LogP contribution in [0.4, 0.5) is 11.8 Å². The number of carbonyl (C=O) groups excluding carboxylic acids is 1. The number of piperazine rings is 1. The van der Waals surface area contributed by atoms with Gasteiger partial charge in [-0.25, -0.2) is 4.98 Å². The van der Waals surface area contributed by atoms with Crippen LogP contribution in [-0.4, -0.2) is 54.1 Å². The average molecular weight is 341 g/mol. The Morgan fingerprint density at radius 3 is 2.68 bits per heavy atom. The molecule has 1 aromatic carbocycles. The fourth-order valence-electron chi connectivity index (χ4n) is 2.88. The van der Waals surface area contributed by atoms with E-state index >= 15 is 0 Å². The second-order valence-electron chi connectivity index (χ2n) is 5.90. The van der Waals surface area contributed by atoms with Gasteiger partial charge in [-0.3, -0.25) is 4.79 Å². The highest BCUT2D eigenvalue weighted by Gasteiger charge is 2.19. The number of carbonyl (C=O) groups is 1. The highest BCUT2D eigenvalue weighted by molar-refractivity contribution is 5.73. The van der Waals surface area contributed by atoms with Crippen molar-refractivity contribution in [2.75, 3.05) is 43.5 Å². The lowest BCUT2D eigenvalue weighted by molar-refractivity contribution is -0.129. The van der Waals surface area contributed by atoms with Gasteiger partial charge in [-0.1, -0.05) is 18.2 Å². The number of ether oxygens (including phenoxy) is 1. The lowest BCUT2D eigenvalue weighted by atomic mass is 10.2. The van der Waals surface area contributed by atoms with E-state index in [0.717, 1.165) is 43.3 Å². The molecule has 0 bridgehead atoms. The number of nitrogens with zero attached hydrogens (tertiary/aromatic N) is 4. The van der Waals surface area contributed by atoms with Gasteiger partial charge in [0.25, 0.3) is 0 Å². The van der Waals surface area contributed by atoms with Crippen molar-refractivity contribution in [2.45, 2.75) is 13.5 Å². The molecule has 0 unspecified atom stereocenters.